The Morgan fingerprint density at radius 3 is 2.47 bits per heavy atom. The summed E-state index contributed by atoms with van der Waals surface area (Å²) < 4.78 is 37.9. The van der Waals surface area contributed by atoms with E-state index in [1.54, 1.807) is 0 Å². The number of ether oxygens (including phenoxy) is 2. The van der Waals surface area contributed by atoms with Crippen molar-refractivity contribution in [3.63, 3.8) is 0 Å². The van der Waals surface area contributed by atoms with Gasteiger partial charge in [0.2, 0.25) is 0 Å². The fraction of sp³-hybridized carbons (Fsp3) is 1.00. The number of hydrogen-bond donors (Lipinski definition) is 0. The summed E-state index contributed by atoms with van der Waals surface area (Å²) in [6.45, 7) is 1.18. The van der Waals surface area contributed by atoms with Crippen molar-refractivity contribution in [1.82, 2.24) is 0 Å². The highest BCUT2D eigenvalue weighted by atomic mass is 32.2. The lowest BCUT2D eigenvalue weighted by molar-refractivity contribution is -0.102. The van der Waals surface area contributed by atoms with Crippen LogP contribution in [0.2, 0.25) is 0 Å². The van der Waals surface area contributed by atoms with E-state index < -0.39 is 10.1 Å². The van der Waals surface area contributed by atoms with Gasteiger partial charge in [-0.05, 0) is 12.8 Å². The summed E-state index contributed by atoms with van der Waals surface area (Å²) in [5.74, 6) is 0.0576. The normalized spacial score (nSPS) is 33.7. The van der Waals surface area contributed by atoms with E-state index in [1.807, 2.05) is 0 Å². The Kier molecular flexibility index (Phi) is 3.30. The van der Waals surface area contributed by atoms with Crippen LogP contribution in [-0.2, 0) is 23.8 Å². The zero-order valence-electron chi connectivity index (χ0n) is 8.72. The summed E-state index contributed by atoms with van der Waals surface area (Å²) in [7, 11) is -3.38. The molecule has 6 heteroatoms. The maximum Gasteiger partial charge on any atom is 0.264 e. The molecule has 0 N–H and O–H groups in total. The van der Waals surface area contributed by atoms with Crippen molar-refractivity contribution in [2.75, 3.05) is 19.5 Å². The molecule has 2 fully saturated rings. The van der Waals surface area contributed by atoms with Crippen molar-refractivity contribution in [2.24, 2.45) is 5.92 Å². The van der Waals surface area contributed by atoms with Crippen molar-refractivity contribution < 1.29 is 22.1 Å². The molecule has 0 bridgehead atoms. The van der Waals surface area contributed by atoms with Crippen LogP contribution in [0.25, 0.3) is 0 Å². The van der Waals surface area contributed by atoms with Gasteiger partial charge in [0.05, 0.1) is 25.6 Å². The molecule has 2 rings (SSSR count). The summed E-state index contributed by atoms with van der Waals surface area (Å²) in [6.07, 6.45) is 3.17. The number of hydrogen-bond acceptors (Lipinski definition) is 5. The first-order valence-corrected chi connectivity index (χ1v) is 6.99. The van der Waals surface area contributed by atoms with E-state index >= 15 is 0 Å². The Morgan fingerprint density at radius 2 is 1.87 bits per heavy atom. The highest BCUT2D eigenvalue weighted by molar-refractivity contribution is 7.86. The molecule has 0 aromatic rings. The summed E-state index contributed by atoms with van der Waals surface area (Å²) in [4.78, 5) is 0. The topological polar surface area (TPSA) is 61.8 Å². The van der Waals surface area contributed by atoms with Crippen LogP contribution in [-0.4, -0.2) is 40.3 Å². The monoisotopic (exact) mass is 236 g/mol. The van der Waals surface area contributed by atoms with Gasteiger partial charge in [-0.15, -0.1) is 0 Å². The molecule has 0 aromatic heterocycles. The van der Waals surface area contributed by atoms with Crippen molar-refractivity contribution in [1.29, 1.82) is 0 Å². The maximum atomic E-state index is 11.0. The third-order valence-corrected chi connectivity index (χ3v) is 3.40. The lowest BCUT2D eigenvalue weighted by Gasteiger charge is -2.23. The van der Waals surface area contributed by atoms with Gasteiger partial charge in [0.15, 0.2) is 6.29 Å². The average molecular weight is 236 g/mol. The molecule has 0 aromatic carbocycles. The second-order valence-electron chi connectivity index (χ2n) is 4.04. The van der Waals surface area contributed by atoms with Gasteiger partial charge in [-0.25, -0.2) is 0 Å². The molecule has 0 spiro atoms. The van der Waals surface area contributed by atoms with Gasteiger partial charge in [-0.1, -0.05) is 6.42 Å². The minimum absolute atomic E-state index is 0.0576. The third-order valence-electron chi connectivity index (χ3n) is 2.80. The number of rotatable bonds is 3. The molecule has 2 unspecified atom stereocenters. The largest absolute Gasteiger partial charge is 0.350 e. The standard InChI is InChI=1S/C9H16O5S/c1-15(10,11)14-8-4-2-3-7(8)9-12-5-6-13-9/h7-9H,2-6H2,1H3. The van der Waals surface area contributed by atoms with Crippen LogP contribution < -0.4 is 0 Å². The predicted octanol–water partition coefficient (Wildman–Crippen LogP) is 0.504. The van der Waals surface area contributed by atoms with Crippen LogP contribution in [0.4, 0.5) is 0 Å². The van der Waals surface area contributed by atoms with E-state index in [1.165, 1.54) is 0 Å². The van der Waals surface area contributed by atoms with Crippen LogP contribution >= 0.6 is 0 Å². The second kappa shape index (κ2) is 4.37. The van der Waals surface area contributed by atoms with Gasteiger partial charge in [0.1, 0.15) is 0 Å². The molecule has 0 amide bonds. The minimum atomic E-state index is -3.38. The van der Waals surface area contributed by atoms with Crippen LogP contribution in [0.15, 0.2) is 0 Å². The van der Waals surface area contributed by atoms with E-state index in [-0.39, 0.29) is 18.3 Å². The Bertz CT molecular complexity index is 306. The molecule has 2 aliphatic rings. The zero-order chi connectivity index (χ0) is 10.9. The van der Waals surface area contributed by atoms with Gasteiger partial charge >= 0.3 is 0 Å². The fourth-order valence-corrected chi connectivity index (χ4v) is 2.92. The fourth-order valence-electron chi connectivity index (χ4n) is 2.23. The summed E-state index contributed by atoms with van der Waals surface area (Å²) in [6, 6.07) is 0. The van der Waals surface area contributed by atoms with Crippen molar-refractivity contribution in [3.05, 3.63) is 0 Å². The molecular formula is C9H16O5S. The molecule has 1 saturated heterocycles. The van der Waals surface area contributed by atoms with Crippen LogP contribution in [0.5, 0.6) is 0 Å². The smallest absolute Gasteiger partial charge is 0.264 e. The Labute approximate surface area is 89.8 Å². The molecule has 1 aliphatic heterocycles. The summed E-state index contributed by atoms with van der Waals surface area (Å²) >= 11 is 0. The Hall–Kier alpha value is -0.170. The lowest BCUT2D eigenvalue weighted by atomic mass is 10.1. The van der Waals surface area contributed by atoms with E-state index in [0.29, 0.717) is 13.2 Å². The molecule has 1 saturated carbocycles. The molecule has 5 nitrogen and oxygen atoms in total. The maximum absolute atomic E-state index is 11.0. The first-order chi connectivity index (χ1) is 7.06. The second-order valence-corrected chi connectivity index (χ2v) is 5.64. The predicted molar refractivity (Wildman–Crippen MR) is 52.7 cm³/mol. The van der Waals surface area contributed by atoms with E-state index in [0.717, 1.165) is 25.5 Å². The minimum Gasteiger partial charge on any atom is -0.350 e. The van der Waals surface area contributed by atoms with E-state index in [4.69, 9.17) is 13.7 Å². The molecule has 1 aliphatic carbocycles. The SMILES string of the molecule is CS(=O)(=O)OC1CCCC1C1OCCO1. The quantitative estimate of drug-likeness (QED) is 0.668. The molecule has 2 atom stereocenters. The zero-order valence-corrected chi connectivity index (χ0v) is 9.53. The van der Waals surface area contributed by atoms with Gasteiger partial charge < -0.3 is 9.47 Å². The lowest BCUT2D eigenvalue weighted by Crippen LogP contribution is -2.31. The van der Waals surface area contributed by atoms with Crippen molar-refractivity contribution in [2.45, 2.75) is 31.7 Å². The van der Waals surface area contributed by atoms with Crippen molar-refractivity contribution >= 4 is 10.1 Å². The molecule has 1 heterocycles. The van der Waals surface area contributed by atoms with E-state index in [9.17, 15) is 8.42 Å². The summed E-state index contributed by atoms with van der Waals surface area (Å²) in [5, 5.41) is 0. The van der Waals surface area contributed by atoms with Gasteiger partial charge in [-0.2, -0.15) is 8.42 Å². The molecule has 15 heavy (non-hydrogen) atoms. The average Bonchev–Trinajstić information content (AvgIpc) is 2.68. The summed E-state index contributed by atoms with van der Waals surface area (Å²) in [5.41, 5.74) is 0. The first kappa shape index (κ1) is 11.3. The van der Waals surface area contributed by atoms with Crippen LogP contribution in [0, 0.1) is 5.92 Å². The molecular weight excluding hydrogens is 220 g/mol. The Morgan fingerprint density at radius 1 is 1.20 bits per heavy atom. The van der Waals surface area contributed by atoms with Gasteiger partial charge in [0.25, 0.3) is 10.1 Å². The van der Waals surface area contributed by atoms with Crippen LogP contribution in [0.1, 0.15) is 19.3 Å². The van der Waals surface area contributed by atoms with Gasteiger partial charge in [-0.3, -0.25) is 4.18 Å². The Balaban J connectivity index is 1.98. The third kappa shape index (κ3) is 2.90. The van der Waals surface area contributed by atoms with Crippen molar-refractivity contribution in [3.8, 4) is 0 Å². The van der Waals surface area contributed by atoms with E-state index in [2.05, 4.69) is 0 Å². The highest BCUT2D eigenvalue weighted by Gasteiger charge is 2.39. The highest BCUT2D eigenvalue weighted by Crippen LogP contribution is 2.34. The molecule has 88 valence electrons. The molecule has 0 radical (unpaired) electrons. The van der Waals surface area contributed by atoms with Gasteiger partial charge in [0, 0.05) is 5.92 Å². The first-order valence-electron chi connectivity index (χ1n) is 5.18. The van der Waals surface area contributed by atoms with Crippen LogP contribution in [0.3, 0.4) is 0 Å².